The monoisotopic (exact) mass is 303 g/mol. The van der Waals surface area contributed by atoms with Crippen molar-refractivity contribution >= 4 is 40.9 Å². The summed E-state index contributed by atoms with van der Waals surface area (Å²) in [5, 5.41) is 11.8. The number of halogens is 1. The van der Waals surface area contributed by atoms with Crippen molar-refractivity contribution in [3.63, 3.8) is 0 Å². The van der Waals surface area contributed by atoms with E-state index in [0.29, 0.717) is 17.9 Å². The maximum atomic E-state index is 11.6. The Kier molecular flexibility index (Phi) is 5.98. The van der Waals surface area contributed by atoms with Crippen molar-refractivity contribution in [2.75, 3.05) is 24.4 Å². The van der Waals surface area contributed by atoms with Gasteiger partial charge in [0, 0.05) is 18.2 Å². The van der Waals surface area contributed by atoms with Gasteiger partial charge in [0.15, 0.2) is 0 Å². The number of thioether (sulfide) groups is 1. The largest absolute Gasteiger partial charge is 0.496 e. The van der Waals surface area contributed by atoms with Crippen LogP contribution < -0.4 is 10.1 Å². The number of carboxylic acid groups (broad SMARTS) is 1. The first-order chi connectivity index (χ1) is 8.99. The number of hydrogen-bond donors (Lipinski definition) is 2. The zero-order chi connectivity index (χ0) is 14.4. The van der Waals surface area contributed by atoms with E-state index in [-0.39, 0.29) is 22.2 Å². The van der Waals surface area contributed by atoms with Crippen LogP contribution in [0.5, 0.6) is 5.75 Å². The fraction of sp³-hybridized carbons (Fsp3) is 0.333. The van der Waals surface area contributed by atoms with Crippen LogP contribution >= 0.6 is 23.4 Å². The van der Waals surface area contributed by atoms with Gasteiger partial charge in [-0.25, -0.2) is 4.79 Å². The summed E-state index contributed by atoms with van der Waals surface area (Å²) in [5.74, 6) is -0.467. The van der Waals surface area contributed by atoms with Crippen LogP contribution in [0.15, 0.2) is 12.1 Å². The van der Waals surface area contributed by atoms with Gasteiger partial charge in [-0.3, -0.25) is 4.79 Å². The van der Waals surface area contributed by atoms with E-state index < -0.39 is 5.97 Å². The van der Waals surface area contributed by atoms with Crippen LogP contribution in [-0.4, -0.2) is 36.1 Å². The zero-order valence-electron chi connectivity index (χ0n) is 10.5. The lowest BCUT2D eigenvalue weighted by Crippen LogP contribution is -2.13. The summed E-state index contributed by atoms with van der Waals surface area (Å²) in [5.41, 5.74) is 0.296. The summed E-state index contributed by atoms with van der Waals surface area (Å²) in [7, 11) is 1.36. The topological polar surface area (TPSA) is 75.6 Å². The summed E-state index contributed by atoms with van der Waals surface area (Å²) < 4.78 is 4.97. The normalized spacial score (nSPS) is 10.1. The van der Waals surface area contributed by atoms with Gasteiger partial charge in [0.1, 0.15) is 11.3 Å². The lowest BCUT2D eigenvalue weighted by atomic mass is 10.1. The fourth-order valence-corrected chi connectivity index (χ4v) is 1.99. The standard InChI is InChI=1S/C12H14ClNO4S/c1-18-10-6-9(14-11(15)3-4-19-2)8(13)5-7(10)12(16)17/h5-6H,3-4H2,1-2H3,(H,14,15)(H,16,17). The number of carbonyl (C=O) groups excluding carboxylic acids is 1. The number of carboxylic acids is 1. The minimum Gasteiger partial charge on any atom is -0.496 e. The number of anilines is 1. The molecule has 0 aliphatic rings. The molecule has 1 aromatic rings. The molecule has 7 heteroatoms. The summed E-state index contributed by atoms with van der Waals surface area (Å²) in [4.78, 5) is 22.6. The molecular weight excluding hydrogens is 290 g/mol. The predicted octanol–water partition coefficient (Wildman–Crippen LogP) is 2.74. The number of rotatable bonds is 6. The molecule has 0 saturated heterocycles. The molecule has 0 bridgehead atoms. The van der Waals surface area contributed by atoms with E-state index >= 15 is 0 Å². The first-order valence-corrected chi connectivity index (χ1v) is 7.16. The van der Waals surface area contributed by atoms with Gasteiger partial charge < -0.3 is 15.2 Å². The van der Waals surface area contributed by atoms with Crippen molar-refractivity contribution in [1.82, 2.24) is 0 Å². The Morgan fingerprint density at radius 1 is 1.47 bits per heavy atom. The van der Waals surface area contributed by atoms with E-state index in [1.807, 2.05) is 6.26 Å². The van der Waals surface area contributed by atoms with Gasteiger partial charge in [-0.15, -0.1) is 0 Å². The van der Waals surface area contributed by atoms with Crippen molar-refractivity contribution < 1.29 is 19.4 Å². The molecule has 1 rings (SSSR count). The number of methoxy groups -OCH3 is 1. The molecule has 0 aromatic heterocycles. The zero-order valence-corrected chi connectivity index (χ0v) is 12.1. The maximum Gasteiger partial charge on any atom is 0.339 e. The SMILES string of the molecule is COc1cc(NC(=O)CCSC)c(Cl)cc1C(=O)O. The molecule has 2 N–H and O–H groups in total. The molecular formula is C12H14ClNO4S. The van der Waals surface area contributed by atoms with E-state index in [1.54, 1.807) is 11.8 Å². The highest BCUT2D eigenvalue weighted by atomic mass is 35.5. The molecule has 0 aliphatic carbocycles. The molecule has 1 aromatic carbocycles. The van der Waals surface area contributed by atoms with Crippen molar-refractivity contribution in [2.45, 2.75) is 6.42 Å². The predicted molar refractivity (Wildman–Crippen MR) is 76.6 cm³/mol. The second-order valence-electron chi connectivity index (χ2n) is 3.63. The molecule has 0 unspecified atom stereocenters. The van der Waals surface area contributed by atoms with Crippen molar-refractivity contribution in [1.29, 1.82) is 0 Å². The Hall–Kier alpha value is -1.40. The van der Waals surface area contributed by atoms with Crippen molar-refractivity contribution in [3.05, 3.63) is 22.7 Å². The third kappa shape index (κ3) is 4.33. The van der Waals surface area contributed by atoms with Gasteiger partial charge in [-0.1, -0.05) is 11.6 Å². The lowest BCUT2D eigenvalue weighted by Gasteiger charge is -2.11. The van der Waals surface area contributed by atoms with Gasteiger partial charge in [-0.05, 0) is 12.3 Å². The number of amides is 1. The molecule has 5 nitrogen and oxygen atoms in total. The first-order valence-electron chi connectivity index (χ1n) is 5.39. The average Bonchev–Trinajstić information content (AvgIpc) is 2.38. The number of nitrogens with one attached hydrogen (secondary N) is 1. The van der Waals surface area contributed by atoms with Gasteiger partial charge >= 0.3 is 5.97 Å². The molecule has 0 atom stereocenters. The molecule has 0 radical (unpaired) electrons. The summed E-state index contributed by atoms with van der Waals surface area (Å²) in [6.45, 7) is 0. The van der Waals surface area contributed by atoms with E-state index in [0.717, 1.165) is 0 Å². The second kappa shape index (κ2) is 7.25. The molecule has 0 heterocycles. The lowest BCUT2D eigenvalue weighted by molar-refractivity contribution is -0.115. The Bertz CT molecular complexity index is 493. The Labute approximate surface area is 120 Å². The molecule has 104 valence electrons. The third-order valence-corrected chi connectivity index (χ3v) is 3.25. The third-order valence-electron chi connectivity index (χ3n) is 2.33. The molecule has 0 aliphatic heterocycles. The van der Waals surface area contributed by atoms with Crippen LogP contribution in [0.25, 0.3) is 0 Å². The summed E-state index contributed by atoms with van der Waals surface area (Å²) >= 11 is 7.50. The van der Waals surface area contributed by atoms with E-state index in [1.165, 1.54) is 19.2 Å². The number of carbonyl (C=O) groups is 2. The van der Waals surface area contributed by atoms with E-state index in [4.69, 9.17) is 21.4 Å². The van der Waals surface area contributed by atoms with Crippen molar-refractivity contribution in [2.24, 2.45) is 0 Å². The smallest absolute Gasteiger partial charge is 0.339 e. The van der Waals surface area contributed by atoms with Crippen LogP contribution in [0.1, 0.15) is 16.8 Å². The second-order valence-corrected chi connectivity index (χ2v) is 5.02. The number of ether oxygens (including phenoxy) is 1. The molecule has 0 spiro atoms. The molecule has 1 amide bonds. The minimum atomic E-state index is -1.14. The maximum absolute atomic E-state index is 11.6. The van der Waals surface area contributed by atoms with E-state index in [9.17, 15) is 9.59 Å². The first kappa shape index (κ1) is 15.7. The van der Waals surface area contributed by atoms with Crippen LogP contribution in [0.4, 0.5) is 5.69 Å². The highest BCUT2D eigenvalue weighted by molar-refractivity contribution is 7.98. The summed E-state index contributed by atoms with van der Waals surface area (Å²) in [6.07, 6.45) is 2.27. The van der Waals surface area contributed by atoms with Crippen LogP contribution in [-0.2, 0) is 4.79 Å². The summed E-state index contributed by atoms with van der Waals surface area (Å²) in [6, 6.07) is 2.66. The van der Waals surface area contributed by atoms with Gasteiger partial charge in [-0.2, -0.15) is 11.8 Å². The number of benzene rings is 1. The number of hydrogen-bond acceptors (Lipinski definition) is 4. The van der Waals surface area contributed by atoms with Gasteiger partial charge in [0.25, 0.3) is 0 Å². The molecule has 19 heavy (non-hydrogen) atoms. The molecule has 0 saturated carbocycles. The van der Waals surface area contributed by atoms with E-state index in [2.05, 4.69) is 5.32 Å². The Balaban J connectivity index is 2.96. The average molecular weight is 304 g/mol. The highest BCUT2D eigenvalue weighted by Crippen LogP contribution is 2.31. The quantitative estimate of drug-likeness (QED) is 0.845. The van der Waals surface area contributed by atoms with Gasteiger partial charge in [0.05, 0.1) is 17.8 Å². The number of aromatic carboxylic acids is 1. The van der Waals surface area contributed by atoms with Crippen LogP contribution in [0.3, 0.4) is 0 Å². The minimum absolute atomic E-state index is 0.0467. The van der Waals surface area contributed by atoms with Gasteiger partial charge in [0.2, 0.25) is 5.91 Å². The Morgan fingerprint density at radius 3 is 2.68 bits per heavy atom. The Morgan fingerprint density at radius 2 is 2.16 bits per heavy atom. The van der Waals surface area contributed by atoms with Crippen LogP contribution in [0.2, 0.25) is 5.02 Å². The highest BCUT2D eigenvalue weighted by Gasteiger charge is 2.16. The fourth-order valence-electron chi connectivity index (χ4n) is 1.39. The van der Waals surface area contributed by atoms with Crippen molar-refractivity contribution in [3.8, 4) is 5.75 Å². The molecule has 0 fully saturated rings. The van der Waals surface area contributed by atoms with Crippen LogP contribution in [0, 0.1) is 0 Å².